The van der Waals surface area contributed by atoms with Crippen LogP contribution in [-0.4, -0.2) is 34.4 Å². The fourth-order valence-electron chi connectivity index (χ4n) is 1.89. The van der Waals surface area contributed by atoms with E-state index in [2.05, 4.69) is 10.1 Å². The lowest BCUT2D eigenvalue weighted by atomic mass is 9.77. The summed E-state index contributed by atoms with van der Waals surface area (Å²) in [5.41, 5.74) is 8.42. The Morgan fingerprint density at radius 3 is 2.50 bits per heavy atom. The van der Waals surface area contributed by atoms with Crippen molar-refractivity contribution in [2.45, 2.75) is 33.0 Å². The number of nitrogens with one attached hydrogen (secondary N) is 1. The summed E-state index contributed by atoms with van der Waals surface area (Å²) in [6, 6.07) is -0.517. The molecule has 1 fully saturated rings. The highest BCUT2D eigenvalue weighted by Gasteiger charge is 2.48. The maximum Gasteiger partial charge on any atom is 0.331 e. The van der Waals surface area contributed by atoms with Crippen molar-refractivity contribution in [3.63, 3.8) is 0 Å². The lowest BCUT2D eigenvalue weighted by molar-refractivity contribution is -0.142. The maximum absolute atomic E-state index is 13.1. The molecule has 0 radical (unpaired) electrons. The molecule has 1 saturated heterocycles. The first-order chi connectivity index (χ1) is 7.40. The Morgan fingerprint density at radius 1 is 1.56 bits per heavy atom. The highest BCUT2D eigenvalue weighted by molar-refractivity contribution is 6.37. The van der Waals surface area contributed by atoms with Crippen LogP contribution in [0.2, 0.25) is 0 Å². The van der Waals surface area contributed by atoms with Crippen LogP contribution in [0.15, 0.2) is 0 Å². The molecule has 0 bridgehead atoms. The summed E-state index contributed by atoms with van der Waals surface area (Å²) in [6.45, 7) is 4.24. The second-order valence-corrected chi connectivity index (χ2v) is 4.08. The molecule has 6 heteroatoms. The van der Waals surface area contributed by atoms with E-state index in [1.165, 1.54) is 13.8 Å². The number of halogens is 1. The molecule has 1 aliphatic rings. The summed E-state index contributed by atoms with van der Waals surface area (Å²) in [5.74, 6) is -2.14. The van der Waals surface area contributed by atoms with Gasteiger partial charge in [-0.3, -0.25) is 9.59 Å². The Kier molecular flexibility index (Phi) is 3.55. The molecule has 0 saturated carbocycles. The van der Waals surface area contributed by atoms with Crippen molar-refractivity contribution in [1.29, 1.82) is 0 Å². The minimum atomic E-state index is -1.29. The zero-order valence-electron chi connectivity index (χ0n) is 9.40. The Balaban J connectivity index is 2.77. The van der Waals surface area contributed by atoms with E-state index in [4.69, 9.17) is 5.53 Å². The highest BCUT2D eigenvalue weighted by Crippen LogP contribution is 2.27. The zero-order valence-corrected chi connectivity index (χ0v) is 9.40. The average molecular weight is 227 g/mol. The number of hydrogen-bond acceptors (Lipinski definition) is 2. The number of nitrogens with zero attached hydrogens (tertiary/aromatic N) is 2. The molecule has 0 aromatic heterocycles. The van der Waals surface area contributed by atoms with Crippen LogP contribution in [0.1, 0.15) is 20.8 Å². The van der Waals surface area contributed by atoms with E-state index in [-0.39, 0.29) is 11.6 Å². The van der Waals surface area contributed by atoms with E-state index in [1.807, 2.05) is 0 Å². The molecule has 1 N–H and O–H groups in total. The van der Waals surface area contributed by atoms with E-state index in [0.717, 1.165) is 0 Å². The Labute approximate surface area is 92.6 Å². The normalized spacial score (nSPS) is 27.1. The van der Waals surface area contributed by atoms with Gasteiger partial charge in [-0.2, -0.15) is 4.79 Å². The van der Waals surface area contributed by atoms with Crippen LogP contribution >= 0.6 is 0 Å². The molecule has 1 amide bonds. The fraction of sp³-hybridized carbons (Fsp3) is 0.700. The molecule has 1 rings (SSSR count). The van der Waals surface area contributed by atoms with Crippen molar-refractivity contribution >= 4 is 17.4 Å². The largest absolute Gasteiger partial charge is 0.361 e. The highest BCUT2D eigenvalue weighted by atomic mass is 19.1. The van der Waals surface area contributed by atoms with Crippen LogP contribution in [0, 0.1) is 11.8 Å². The Bertz CT molecular complexity index is 374. The van der Waals surface area contributed by atoms with Gasteiger partial charge in [0.15, 0.2) is 0 Å². The van der Waals surface area contributed by atoms with Gasteiger partial charge in [0.25, 0.3) is 0 Å². The summed E-state index contributed by atoms with van der Waals surface area (Å²) < 4.78 is 13.1. The maximum atomic E-state index is 13.1. The van der Waals surface area contributed by atoms with Crippen molar-refractivity contribution in [2.24, 2.45) is 11.8 Å². The topological polar surface area (TPSA) is 82.6 Å². The van der Waals surface area contributed by atoms with E-state index < -0.39 is 29.8 Å². The third-order valence-corrected chi connectivity index (χ3v) is 2.95. The van der Waals surface area contributed by atoms with Crippen molar-refractivity contribution in [1.82, 2.24) is 5.32 Å². The van der Waals surface area contributed by atoms with Crippen LogP contribution in [0.3, 0.4) is 0 Å². The number of β-lactam (4-membered cyclic amide) rings is 1. The smallest absolute Gasteiger partial charge is 0.331 e. The number of hydrogen-bond donors (Lipinski definition) is 1. The molecule has 1 heterocycles. The van der Waals surface area contributed by atoms with Gasteiger partial charge in [-0.15, -0.1) is 0 Å². The molecular formula is C10H14FN3O2. The lowest BCUT2D eigenvalue weighted by Gasteiger charge is -2.40. The van der Waals surface area contributed by atoms with Crippen LogP contribution in [0.25, 0.3) is 5.53 Å². The van der Waals surface area contributed by atoms with E-state index in [9.17, 15) is 14.0 Å². The van der Waals surface area contributed by atoms with E-state index in [0.29, 0.717) is 0 Å². The van der Waals surface area contributed by atoms with E-state index in [1.54, 1.807) is 6.92 Å². The number of alkyl halides is 1. The van der Waals surface area contributed by atoms with Crippen molar-refractivity contribution in [3.8, 4) is 0 Å². The third-order valence-electron chi connectivity index (χ3n) is 2.95. The van der Waals surface area contributed by atoms with Gasteiger partial charge in [0, 0.05) is 12.8 Å². The van der Waals surface area contributed by atoms with Crippen molar-refractivity contribution in [3.05, 3.63) is 5.53 Å². The van der Waals surface area contributed by atoms with Gasteiger partial charge in [-0.05, 0) is 6.92 Å². The van der Waals surface area contributed by atoms with Crippen LogP contribution in [-0.2, 0) is 9.59 Å². The number of amides is 1. The standard InChI is InChI=1S/C10H14FN3O2/c1-4(9(15)6(3)14-12)8-7(5(2)11)10(16)13-8/h4-5,7-8H,1-3H3,(H,13,16)/t4-,5-,7-,8-/m1/s1. The first kappa shape index (κ1) is 12.5. The van der Waals surface area contributed by atoms with E-state index >= 15 is 0 Å². The van der Waals surface area contributed by atoms with Gasteiger partial charge in [0.1, 0.15) is 6.17 Å². The summed E-state index contributed by atoms with van der Waals surface area (Å²) >= 11 is 0. The van der Waals surface area contributed by atoms with Gasteiger partial charge in [0.05, 0.1) is 12.0 Å². The summed E-state index contributed by atoms with van der Waals surface area (Å²) in [6.07, 6.45) is -1.29. The molecule has 1 aliphatic heterocycles. The number of carbonyl (C=O) groups excluding carboxylic acids is 2. The fourth-order valence-corrected chi connectivity index (χ4v) is 1.89. The molecule has 0 aromatic carbocycles. The predicted molar refractivity (Wildman–Crippen MR) is 54.5 cm³/mol. The zero-order chi connectivity index (χ0) is 12.5. The molecule has 0 aromatic rings. The molecule has 0 spiro atoms. The summed E-state index contributed by atoms with van der Waals surface area (Å²) in [5, 5.41) is 2.50. The SMILES string of the molecule is CC(=[N+]=[N-])C(=O)[C@H](C)[C@H]1NC(=O)[C@@H]1[C@@H](C)F. The van der Waals surface area contributed by atoms with Crippen LogP contribution < -0.4 is 5.32 Å². The van der Waals surface area contributed by atoms with Gasteiger partial charge >= 0.3 is 5.71 Å². The molecule has 88 valence electrons. The molecule has 4 atom stereocenters. The second-order valence-electron chi connectivity index (χ2n) is 4.08. The first-order valence-corrected chi connectivity index (χ1v) is 5.07. The van der Waals surface area contributed by atoms with Crippen molar-refractivity contribution in [2.75, 3.05) is 0 Å². The lowest BCUT2D eigenvalue weighted by Crippen LogP contribution is -2.65. The number of carbonyl (C=O) groups is 2. The predicted octanol–water partition coefficient (Wildman–Crippen LogP) is 0.355. The number of ketones is 1. The minimum Gasteiger partial charge on any atom is -0.361 e. The van der Waals surface area contributed by atoms with Gasteiger partial charge in [0.2, 0.25) is 11.7 Å². The van der Waals surface area contributed by atoms with Gasteiger partial charge < -0.3 is 10.8 Å². The van der Waals surface area contributed by atoms with Gasteiger partial charge in [-0.1, -0.05) is 6.92 Å². The third kappa shape index (κ3) is 2.02. The summed E-state index contributed by atoms with van der Waals surface area (Å²) in [4.78, 5) is 25.5. The first-order valence-electron chi connectivity index (χ1n) is 5.07. The molecular weight excluding hydrogens is 213 g/mol. The van der Waals surface area contributed by atoms with Crippen LogP contribution in [0.5, 0.6) is 0 Å². The minimum absolute atomic E-state index is 0.0427. The second kappa shape index (κ2) is 4.53. The monoisotopic (exact) mass is 227 g/mol. The molecule has 5 nitrogen and oxygen atoms in total. The Hall–Kier alpha value is -1.55. The van der Waals surface area contributed by atoms with Crippen molar-refractivity contribution < 1.29 is 18.8 Å². The molecule has 0 aliphatic carbocycles. The average Bonchev–Trinajstić information content (AvgIpc) is 2.21. The van der Waals surface area contributed by atoms with Gasteiger partial charge in [-0.25, -0.2) is 4.39 Å². The molecule has 16 heavy (non-hydrogen) atoms. The quantitative estimate of drug-likeness (QED) is 0.325. The number of rotatable bonds is 4. The number of Topliss-reactive ketones (excluding diaryl/α,β-unsaturated/α-hetero) is 1. The molecule has 0 unspecified atom stereocenters. The Morgan fingerprint density at radius 2 is 2.12 bits per heavy atom. The summed E-state index contributed by atoms with van der Waals surface area (Å²) in [7, 11) is 0. The van der Waals surface area contributed by atoms with Crippen LogP contribution in [0.4, 0.5) is 4.39 Å².